The first-order valence-electron chi connectivity index (χ1n) is 10.1. The van der Waals surface area contributed by atoms with Gasteiger partial charge in [0.2, 0.25) is 5.69 Å². The third-order valence-corrected chi connectivity index (χ3v) is 4.37. The third kappa shape index (κ3) is 16.6. The van der Waals surface area contributed by atoms with Gasteiger partial charge in [-0.25, -0.2) is 0 Å². The molecule has 0 amide bonds. The van der Waals surface area contributed by atoms with Crippen LogP contribution in [0.1, 0.15) is 19.4 Å². The van der Waals surface area contributed by atoms with Crippen molar-refractivity contribution in [3.8, 4) is 0 Å². The highest BCUT2D eigenvalue weighted by atomic mass is 19.5. The lowest BCUT2D eigenvalue weighted by Gasteiger charge is -2.27. The molecule has 0 aromatic heterocycles. The van der Waals surface area contributed by atoms with Crippen molar-refractivity contribution >= 4 is 38.2 Å². The van der Waals surface area contributed by atoms with Crippen molar-refractivity contribution in [2.45, 2.75) is 13.8 Å². The van der Waals surface area contributed by atoms with Crippen LogP contribution in [-0.2, 0) is 0 Å². The van der Waals surface area contributed by atoms with E-state index in [0.717, 1.165) is 17.6 Å². The molecule has 0 heterocycles. The van der Waals surface area contributed by atoms with Crippen molar-refractivity contribution < 1.29 is 39.1 Å². The Labute approximate surface area is 189 Å². The monoisotopic (exact) mass is 482 g/mol. The maximum atomic E-state index is 9.75. The van der Waals surface area contributed by atoms with Crippen LogP contribution in [-0.4, -0.2) is 52.5 Å². The van der Waals surface area contributed by atoms with Crippen LogP contribution >= 0.6 is 0 Å². The number of quaternary nitrogens is 1. The summed E-state index contributed by atoms with van der Waals surface area (Å²) in [6.07, 6.45) is 6.38. The second-order valence-electron chi connectivity index (χ2n) is 7.21. The average molecular weight is 482 g/mol. The minimum absolute atomic E-state index is 0.907. The molecule has 2 aromatic carbocycles. The molecule has 33 heavy (non-hydrogen) atoms. The van der Waals surface area contributed by atoms with E-state index < -0.39 is 14.5 Å². The first kappa shape index (κ1) is 30.4. The Hall–Kier alpha value is -2.62. The van der Waals surface area contributed by atoms with E-state index in [9.17, 15) is 34.5 Å². The highest BCUT2D eigenvalue weighted by molar-refractivity contribution is 6.50. The standard InChI is InChI=1S/C21H28N2.2BF4/c1-5-22(18-10-13-19-11-8-7-9-12-19)20-14-16-21(17-15-20)23(3,4)6-2;2*2-1(3,4)5/h7-18H,5-6H2,1-4H3;;/q+2;2*-1/b13-10+,22-18?;;. The topological polar surface area (TPSA) is 3.01 Å². The number of benzene rings is 2. The van der Waals surface area contributed by atoms with Gasteiger partial charge in [-0.1, -0.05) is 30.3 Å². The highest BCUT2D eigenvalue weighted by Crippen LogP contribution is 2.22. The summed E-state index contributed by atoms with van der Waals surface area (Å²) in [6, 6.07) is 19.3. The molecule has 0 saturated carbocycles. The maximum Gasteiger partial charge on any atom is 0.673 e. The van der Waals surface area contributed by atoms with Gasteiger partial charge in [-0.05, 0) is 25.5 Å². The van der Waals surface area contributed by atoms with E-state index in [1.807, 2.05) is 6.07 Å². The molecule has 0 aliphatic rings. The van der Waals surface area contributed by atoms with Crippen LogP contribution in [0.15, 0.2) is 60.7 Å². The summed E-state index contributed by atoms with van der Waals surface area (Å²) >= 11 is 0. The van der Waals surface area contributed by atoms with Gasteiger partial charge in [-0.2, -0.15) is 4.58 Å². The lowest BCUT2D eigenvalue weighted by molar-refractivity contribution is -0.430. The summed E-state index contributed by atoms with van der Waals surface area (Å²) in [7, 11) is -7.53. The first-order chi connectivity index (χ1) is 15.1. The van der Waals surface area contributed by atoms with Gasteiger partial charge in [-0.15, -0.1) is 0 Å². The van der Waals surface area contributed by atoms with E-state index in [1.54, 1.807) is 0 Å². The van der Waals surface area contributed by atoms with Crippen molar-refractivity contribution in [1.29, 1.82) is 0 Å². The smallest absolute Gasteiger partial charge is 0.418 e. The van der Waals surface area contributed by atoms with E-state index >= 15 is 0 Å². The fourth-order valence-electron chi connectivity index (χ4n) is 2.43. The Bertz CT molecular complexity index is 839. The van der Waals surface area contributed by atoms with Crippen molar-refractivity contribution in [3.63, 3.8) is 0 Å². The van der Waals surface area contributed by atoms with Gasteiger partial charge in [0.05, 0.1) is 20.6 Å². The number of allylic oxidation sites excluding steroid dienone is 1. The Balaban J connectivity index is 0.000000859. The molecule has 184 valence electrons. The number of hydrogen-bond donors (Lipinski definition) is 0. The molecule has 0 fully saturated rings. The lowest BCUT2D eigenvalue weighted by atomic mass is 10.2. The number of nitrogens with zero attached hydrogens (tertiary/aromatic N) is 2. The molecule has 2 rings (SSSR count). The van der Waals surface area contributed by atoms with Gasteiger partial charge in [-0.3, -0.25) is 4.48 Å². The highest BCUT2D eigenvalue weighted by Gasteiger charge is 2.21. The van der Waals surface area contributed by atoms with Crippen LogP contribution in [0.2, 0.25) is 0 Å². The Morgan fingerprint density at radius 3 is 1.61 bits per heavy atom. The summed E-state index contributed by atoms with van der Waals surface area (Å²) in [5.41, 5.74) is 3.79. The van der Waals surface area contributed by atoms with E-state index in [4.69, 9.17) is 0 Å². The summed E-state index contributed by atoms with van der Waals surface area (Å²) in [5, 5.41) is 0. The third-order valence-electron chi connectivity index (χ3n) is 4.37. The molecule has 2 nitrogen and oxygen atoms in total. The normalized spacial score (nSPS) is 12.5. The quantitative estimate of drug-likeness (QED) is 0.134. The summed E-state index contributed by atoms with van der Waals surface area (Å²) in [5.74, 6) is 0. The molecule has 0 unspecified atom stereocenters. The zero-order valence-electron chi connectivity index (χ0n) is 18.9. The molecular weight excluding hydrogens is 454 g/mol. The van der Waals surface area contributed by atoms with Crippen LogP contribution in [0.25, 0.3) is 6.08 Å². The first-order valence-corrected chi connectivity index (χ1v) is 10.1. The largest absolute Gasteiger partial charge is 0.673 e. The predicted octanol–water partition coefficient (Wildman–Crippen LogP) is 7.32. The molecule has 12 heteroatoms. The molecule has 2 aromatic rings. The molecule has 0 N–H and O–H groups in total. The summed E-state index contributed by atoms with van der Waals surface area (Å²) in [6.45, 7) is 6.43. The van der Waals surface area contributed by atoms with Crippen molar-refractivity contribution in [2.75, 3.05) is 27.2 Å². The molecule has 0 aliphatic carbocycles. The summed E-state index contributed by atoms with van der Waals surface area (Å²) < 4.78 is 81.2. The van der Waals surface area contributed by atoms with Crippen molar-refractivity contribution in [1.82, 2.24) is 4.48 Å². The Morgan fingerprint density at radius 2 is 1.21 bits per heavy atom. The summed E-state index contributed by atoms with van der Waals surface area (Å²) in [4.78, 5) is 0. The zero-order valence-corrected chi connectivity index (χ0v) is 18.9. The van der Waals surface area contributed by atoms with E-state index in [-0.39, 0.29) is 0 Å². The number of hydrogen-bond acceptors (Lipinski definition) is 0. The maximum absolute atomic E-state index is 9.75. The Kier molecular flexibility index (Phi) is 12.7. The Morgan fingerprint density at radius 1 is 0.758 bits per heavy atom. The number of halogens is 8. The second kappa shape index (κ2) is 13.8. The van der Waals surface area contributed by atoms with Crippen LogP contribution in [0.4, 0.5) is 45.9 Å². The van der Waals surface area contributed by atoms with Gasteiger partial charge < -0.3 is 34.5 Å². The van der Waals surface area contributed by atoms with E-state index in [1.165, 1.54) is 16.9 Å². The molecule has 0 aliphatic heterocycles. The molecule has 0 radical (unpaired) electrons. The molecule has 0 atom stereocenters. The average Bonchev–Trinajstić information content (AvgIpc) is 2.70. The van der Waals surface area contributed by atoms with Gasteiger partial charge in [0.1, 0.15) is 12.2 Å². The van der Waals surface area contributed by atoms with E-state index in [0.29, 0.717) is 0 Å². The van der Waals surface area contributed by atoms with E-state index in [2.05, 4.69) is 99.4 Å². The molecule has 0 spiro atoms. The zero-order chi connectivity index (χ0) is 25.7. The fraction of sp³-hybridized carbons (Fsp3) is 0.286. The van der Waals surface area contributed by atoms with Crippen LogP contribution < -0.4 is 4.48 Å². The van der Waals surface area contributed by atoms with Gasteiger partial charge in [0.25, 0.3) is 0 Å². The lowest BCUT2D eigenvalue weighted by Crippen LogP contribution is -2.39. The minimum atomic E-state index is -6.00. The SMILES string of the molecule is CC[N+](=C/C=C/c1ccccc1)c1ccc([N+](C)(C)CC)cc1.F[B-](F)(F)F.F[B-](F)(F)F. The van der Waals surface area contributed by atoms with Gasteiger partial charge in [0.15, 0.2) is 6.21 Å². The molecule has 0 saturated heterocycles. The molecular formula is C21H28B2F8N2. The molecule has 0 bridgehead atoms. The number of rotatable bonds is 6. The van der Waals surface area contributed by atoms with Gasteiger partial charge in [0, 0.05) is 30.3 Å². The predicted molar refractivity (Wildman–Crippen MR) is 123 cm³/mol. The minimum Gasteiger partial charge on any atom is -0.418 e. The van der Waals surface area contributed by atoms with Crippen molar-refractivity contribution in [2.24, 2.45) is 0 Å². The van der Waals surface area contributed by atoms with Crippen molar-refractivity contribution in [3.05, 3.63) is 66.2 Å². The fourth-order valence-corrected chi connectivity index (χ4v) is 2.43. The van der Waals surface area contributed by atoms with Crippen LogP contribution in [0.3, 0.4) is 0 Å². The van der Waals surface area contributed by atoms with Gasteiger partial charge >= 0.3 is 14.5 Å². The van der Waals surface area contributed by atoms with Crippen LogP contribution in [0, 0.1) is 0 Å². The van der Waals surface area contributed by atoms with Crippen LogP contribution in [0.5, 0.6) is 0 Å². The second-order valence-corrected chi connectivity index (χ2v) is 7.21.